The van der Waals surface area contributed by atoms with Crippen molar-refractivity contribution < 1.29 is 9.90 Å². The third kappa shape index (κ3) is 4.58. The van der Waals surface area contributed by atoms with Crippen LogP contribution in [0, 0.1) is 11.3 Å². The standard InChI is InChI=1S/C14H28N2O2/c1-10(2)8-11(17)9-16-13(18)12-14(3,4)6-5-7-15-12/h10-12,15,17H,5-9H2,1-4H3,(H,16,18). The molecule has 1 saturated heterocycles. The molecule has 0 radical (unpaired) electrons. The van der Waals surface area contributed by atoms with E-state index >= 15 is 0 Å². The summed E-state index contributed by atoms with van der Waals surface area (Å²) in [5, 5.41) is 15.9. The summed E-state index contributed by atoms with van der Waals surface area (Å²) in [6.45, 7) is 9.62. The van der Waals surface area contributed by atoms with Gasteiger partial charge in [0.05, 0.1) is 12.1 Å². The highest BCUT2D eigenvalue weighted by Gasteiger charge is 2.36. The first-order valence-electron chi connectivity index (χ1n) is 7.02. The van der Waals surface area contributed by atoms with Gasteiger partial charge in [0.2, 0.25) is 5.91 Å². The van der Waals surface area contributed by atoms with Gasteiger partial charge in [0, 0.05) is 6.54 Å². The van der Waals surface area contributed by atoms with Gasteiger partial charge in [-0.05, 0) is 37.1 Å². The van der Waals surface area contributed by atoms with Gasteiger partial charge in [-0.15, -0.1) is 0 Å². The van der Waals surface area contributed by atoms with Gasteiger partial charge < -0.3 is 15.7 Å². The van der Waals surface area contributed by atoms with Crippen molar-refractivity contribution in [3.63, 3.8) is 0 Å². The first-order valence-corrected chi connectivity index (χ1v) is 7.02. The van der Waals surface area contributed by atoms with Crippen LogP contribution in [-0.2, 0) is 4.79 Å². The normalized spacial score (nSPS) is 24.9. The zero-order chi connectivity index (χ0) is 13.8. The Bertz CT molecular complexity index is 277. The molecule has 0 saturated carbocycles. The van der Waals surface area contributed by atoms with Crippen LogP contribution in [0.4, 0.5) is 0 Å². The summed E-state index contributed by atoms with van der Waals surface area (Å²) in [5.41, 5.74) is -0.00860. The van der Waals surface area contributed by atoms with Crippen molar-refractivity contribution in [2.24, 2.45) is 11.3 Å². The Kier molecular flexibility index (Phi) is 5.60. The van der Waals surface area contributed by atoms with Gasteiger partial charge in [-0.2, -0.15) is 0 Å². The molecule has 1 amide bonds. The van der Waals surface area contributed by atoms with E-state index in [1.807, 2.05) is 0 Å². The molecular formula is C14H28N2O2. The number of rotatable bonds is 5. The molecule has 2 atom stereocenters. The van der Waals surface area contributed by atoms with Crippen LogP contribution < -0.4 is 10.6 Å². The summed E-state index contributed by atoms with van der Waals surface area (Å²) in [4.78, 5) is 12.1. The molecule has 0 aromatic rings. The number of carbonyl (C=O) groups is 1. The highest BCUT2D eigenvalue weighted by Crippen LogP contribution is 2.30. The van der Waals surface area contributed by atoms with Gasteiger partial charge in [-0.3, -0.25) is 4.79 Å². The molecule has 1 fully saturated rings. The Morgan fingerprint density at radius 1 is 1.50 bits per heavy atom. The summed E-state index contributed by atoms with van der Waals surface area (Å²) >= 11 is 0. The number of aliphatic hydroxyl groups is 1. The predicted octanol–water partition coefficient (Wildman–Crippen LogP) is 1.29. The molecule has 1 aliphatic rings. The molecule has 1 heterocycles. The maximum atomic E-state index is 12.1. The average molecular weight is 256 g/mol. The lowest BCUT2D eigenvalue weighted by atomic mass is 9.77. The lowest BCUT2D eigenvalue weighted by molar-refractivity contribution is -0.127. The molecule has 4 nitrogen and oxygen atoms in total. The van der Waals surface area contributed by atoms with Crippen LogP contribution >= 0.6 is 0 Å². The second kappa shape index (κ2) is 6.53. The molecule has 0 bridgehead atoms. The molecular weight excluding hydrogens is 228 g/mol. The maximum absolute atomic E-state index is 12.1. The highest BCUT2D eigenvalue weighted by atomic mass is 16.3. The minimum Gasteiger partial charge on any atom is -0.391 e. The Balaban J connectivity index is 2.40. The van der Waals surface area contributed by atoms with E-state index in [1.165, 1.54) is 0 Å². The van der Waals surface area contributed by atoms with Crippen LogP contribution in [0.1, 0.15) is 47.0 Å². The first-order chi connectivity index (χ1) is 8.33. The minimum atomic E-state index is -0.444. The molecule has 18 heavy (non-hydrogen) atoms. The van der Waals surface area contributed by atoms with E-state index in [0.29, 0.717) is 12.5 Å². The smallest absolute Gasteiger partial charge is 0.237 e. The Hall–Kier alpha value is -0.610. The molecule has 3 N–H and O–H groups in total. The van der Waals surface area contributed by atoms with Crippen LogP contribution in [0.3, 0.4) is 0 Å². The van der Waals surface area contributed by atoms with Gasteiger partial charge in [0.1, 0.15) is 0 Å². The third-order valence-corrected chi connectivity index (χ3v) is 3.65. The fourth-order valence-electron chi connectivity index (χ4n) is 2.61. The predicted molar refractivity (Wildman–Crippen MR) is 73.3 cm³/mol. The Morgan fingerprint density at radius 2 is 2.17 bits per heavy atom. The van der Waals surface area contributed by atoms with Gasteiger partial charge in [0.25, 0.3) is 0 Å². The van der Waals surface area contributed by atoms with Crippen molar-refractivity contribution in [3.05, 3.63) is 0 Å². The van der Waals surface area contributed by atoms with Crippen LogP contribution in [0.25, 0.3) is 0 Å². The summed E-state index contributed by atoms with van der Waals surface area (Å²) in [5.74, 6) is 0.462. The van der Waals surface area contributed by atoms with Gasteiger partial charge in [-0.25, -0.2) is 0 Å². The van der Waals surface area contributed by atoms with Crippen molar-refractivity contribution in [1.29, 1.82) is 0 Å². The fourth-order valence-corrected chi connectivity index (χ4v) is 2.61. The van der Waals surface area contributed by atoms with E-state index in [1.54, 1.807) is 0 Å². The van der Waals surface area contributed by atoms with E-state index in [-0.39, 0.29) is 17.4 Å². The summed E-state index contributed by atoms with van der Waals surface area (Å²) in [7, 11) is 0. The van der Waals surface area contributed by atoms with Crippen molar-refractivity contribution in [2.75, 3.05) is 13.1 Å². The van der Waals surface area contributed by atoms with Crippen LogP contribution in [0.2, 0.25) is 0 Å². The number of amides is 1. The second-order valence-electron chi connectivity index (χ2n) is 6.51. The first kappa shape index (κ1) is 15.4. The van der Waals surface area contributed by atoms with E-state index in [2.05, 4.69) is 38.3 Å². The van der Waals surface area contributed by atoms with E-state index in [4.69, 9.17) is 0 Å². The van der Waals surface area contributed by atoms with Crippen LogP contribution in [0.5, 0.6) is 0 Å². The number of nitrogens with one attached hydrogen (secondary N) is 2. The average Bonchev–Trinajstić information content (AvgIpc) is 2.24. The number of carbonyl (C=O) groups excluding carboxylic acids is 1. The minimum absolute atomic E-state index is 0.00860. The van der Waals surface area contributed by atoms with Crippen molar-refractivity contribution >= 4 is 5.91 Å². The molecule has 0 aromatic carbocycles. The van der Waals surface area contributed by atoms with Crippen molar-refractivity contribution in [2.45, 2.75) is 59.1 Å². The van der Waals surface area contributed by atoms with Crippen molar-refractivity contribution in [3.8, 4) is 0 Å². The van der Waals surface area contributed by atoms with E-state index in [0.717, 1.165) is 25.8 Å². The molecule has 4 heteroatoms. The van der Waals surface area contributed by atoms with Crippen LogP contribution in [-0.4, -0.2) is 36.2 Å². The van der Waals surface area contributed by atoms with Gasteiger partial charge >= 0.3 is 0 Å². The van der Waals surface area contributed by atoms with E-state index < -0.39 is 6.10 Å². The quantitative estimate of drug-likeness (QED) is 0.694. The third-order valence-electron chi connectivity index (χ3n) is 3.65. The van der Waals surface area contributed by atoms with Crippen molar-refractivity contribution in [1.82, 2.24) is 10.6 Å². The topological polar surface area (TPSA) is 61.4 Å². The molecule has 0 spiro atoms. The lowest BCUT2D eigenvalue weighted by Crippen LogP contribution is -2.56. The van der Waals surface area contributed by atoms with Gasteiger partial charge in [0.15, 0.2) is 0 Å². The summed E-state index contributed by atoms with van der Waals surface area (Å²) in [6, 6.07) is -0.141. The molecule has 0 aromatic heterocycles. The second-order valence-corrected chi connectivity index (χ2v) is 6.51. The lowest BCUT2D eigenvalue weighted by Gasteiger charge is -2.38. The zero-order valence-corrected chi connectivity index (χ0v) is 12.1. The molecule has 106 valence electrons. The fraction of sp³-hybridized carbons (Fsp3) is 0.929. The van der Waals surface area contributed by atoms with E-state index in [9.17, 15) is 9.90 Å². The Morgan fingerprint density at radius 3 is 2.72 bits per heavy atom. The number of piperidine rings is 1. The SMILES string of the molecule is CC(C)CC(O)CNC(=O)C1NCCCC1(C)C. The Labute approximate surface area is 111 Å². The maximum Gasteiger partial charge on any atom is 0.237 e. The highest BCUT2D eigenvalue weighted by molar-refractivity contribution is 5.82. The summed E-state index contributed by atoms with van der Waals surface area (Å²) in [6.07, 6.45) is 2.46. The monoisotopic (exact) mass is 256 g/mol. The molecule has 1 rings (SSSR count). The van der Waals surface area contributed by atoms with Crippen LogP contribution in [0.15, 0.2) is 0 Å². The molecule has 2 unspecified atom stereocenters. The van der Waals surface area contributed by atoms with Gasteiger partial charge in [-0.1, -0.05) is 27.7 Å². The number of hydrogen-bond donors (Lipinski definition) is 3. The number of hydrogen-bond acceptors (Lipinski definition) is 3. The number of aliphatic hydroxyl groups excluding tert-OH is 1. The molecule has 0 aliphatic carbocycles. The zero-order valence-electron chi connectivity index (χ0n) is 12.1. The summed E-state index contributed by atoms with van der Waals surface area (Å²) < 4.78 is 0. The largest absolute Gasteiger partial charge is 0.391 e. The molecule has 1 aliphatic heterocycles.